The van der Waals surface area contributed by atoms with E-state index in [4.69, 9.17) is 0 Å². The summed E-state index contributed by atoms with van der Waals surface area (Å²) in [7, 11) is -2.38. The van der Waals surface area contributed by atoms with E-state index in [9.17, 15) is 27.2 Å². The molecular formula is C34H42FN5O5S. The quantitative estimate of drug-likeness (QED) is 0.188. The van der Waals surface area contributed by atoms with Crippen molar-refractivity contribution in [2.75, 3.05) is 37.4 Å². The van der Waals surface area contributed by atoms with Crippen LogP contribution < -0.4 is 25.6 Å². The molecule has 0 aromatic heterocycles. The van der Waals surface area contributed by atoms with E-state index in [1.807, 2.05) is 67.6 Å². The molecule has 4 N–H and O–H groups in total. The fraction of sp³-hybridized carbons (Fsp3) is 0.382. The Hall–Kier alpha value is -4.29. The van der Waals surface area contributed by atoms with E-state index in [2.05, 4.69) is 21.3 Å². The van der Waals surface area contributed by atoms with Crippen LogP contribution in [0.3, 0.4) is 0 Å². The SMILES string of the molecule is C[C@@H](NC(=O)c1cc(C(=O)N[C@H](CNC(CF)C(=O)NCC2CC2)Cc2ccccc2)cc(N(C)S(C)(=O)=O)c1)c1ccccc1. The second kappa shape index (κ2) is 15.8. The fourth-order valence-electron chi connectivity index (χ4n) is 4.89. The van der Waals surface area contributed by atoms with Crippen molar-refractivity contribution < 1.29 is 27.2 Å². The first-order valence-electron chi connectivity index (χ1n) is 15.3. The number of halogens is 1. The minimum absolute atomic E-state index is 0.0628. The molecule has 1 fully saturated rings. The summed E-state index contributed by atoms with van der Waals surface area (Å²) in [4.78, 5) is 39.7. The van der Waals surface area contributed by atoms with Crippen LogP contribution in [0.2, 0.25) is 0 Å². The lowest BCUT2D eigenvalue weighted by molar-refractivity contribution is -0.123. The lowest BCUT2D eigenvalue weighted by atomic mass is 10.0. The summed E-state index contributed by atoms with van der Waals surface area (Å²) < 4.78 is 39.7. The van der Waals surface area contributed by atoms with Crippen LogP contribution >= 0.6 is 0 Å². The van der Waals surface area contributed by atoms with Gasteiger partial charge in [0.15, 0.2) is 0 Å². The van der Waals surface area contributed by atoms with E-state index < -0.39 is 46.5 Å². The molecule has 1 aliphatic rings. The van der Waals surface area contributed by atoms with Gasteiger partial charge in [-0.15, -0.1) is 0 Å². The molecular weight excluding hydrogens is 609 g/mol. The number of hydrogen-bond acceptors (Lipinski definition) is 6. The van der Waals surface area contributed by atoms with Crippen molar-refractivity contribution in [3.63, 3.8) is 0 Å². The molecule has 10 nitrogen and oxygen atoms in total. The molecule has 0 bridgehead atoms. The Morgan fingerprint density at radius 1 is 0.913 bits per heavy atom. The van der Waals surface area contributed by atoms with Crippen LogP contribution in [0.1, 0.15) is 57.7 Å². The zero-order valence-electron chi connectivity index (χ0n) is 26.3. The highest BCUT2D eigenvalue weighted by Crippen LogP contribution is 2.27. The largest absolute Gasteiger partial charge is 0.354 e. The molecule has 0 heterocycles. The fourth-order valence-corrected chi connectivity index (χ4v) is 5.37. The van der Waals surface area contributed by atoms with E-state index >= 15 is 0 Å². The molecule has 0 spiro atoms. The third-order valence-corrected chi connectivity index (χ3v) is 9.16. The number of carbonyl (C=O) groups is 3. The molecule has 246 valence electrons. The topological polar surface area (TPSA) is 137 Å². The van der Waals surface area contributed by atoms with Gasteiger partial charge in [0.05, 0.1) is 18.0 Å². The Morgan fingerprint density at radius 2 is 1.50 bits per heavy atom. The van der Waals surface area contributed by atoms with E-state index in [1.165, 1.54) is 25.2 Å². The Labute approximate surface area is 270 Å². The summed E-state index contributed by atoms with van der Waals surface area (Å²) in [6, 6.07) is 20.9. The molecule has 3 amide bonds. The number of anilines is 1. The monoisotopic (exact) mass is 651 g/mol. The second-order valence-corrected chi connectivity index (χ2v) is 13.8. The summed E-state index contributed by atoms with van der Waals surface area (Å²) in [6.45, 7) is 1.50. The van der Waals surface area contributed by atoms with Crippen LogP contribution in [0, 0.1) is 5.92 Å². The van der Waals surface area contributed by atoms with E-state index in [0.717, 1.165) is 34.5 Å². The molecule has 1 unspecified atom stereocenters. The number of carbonyl (C=O) groups excluding carboxylic acids is 3. The lowest BCUT2D eigenvalue weighted by Gasteiger charge is -2.24. The van der Waals surface area contributed by atoms with Gasteiger partial charge in [-0.25, -0.2) is 12.8 Å². The molecule has 46 heavy (non-hydrogen) atoms. The van der Waals surface area contributed by atoms with E-state index in [-0.39, 0.29) is 29.4 Å². The first-order chi connectivity index (χ1) is 21.9. The third-order valence-electron chi connectivity index (χ3n) is 7.95. The Balaban J connectivity index is 1.56. The number of nitrogens with zero attached hydrogens (tertiary/aromatic N) is 1. The van der Waals surface area contributed by atoms with Crippen LogP contribution in [0.5, 0.6) is 0 Å². The Morgan fingerprint density at radius 3 is 2.07 bits per heavy atom. The molecule has 3 aromatic carbocycles. The number of sulfonamides is 1. The van der Waals surface area contributed by atoms with Gasteiger partial charge in [0, 0.05) is 37.3 Å². The van der Waals surface area contributed by atoms with E-state index in [1.54, 1.807) is 0 Å². The number of alkyl halides is 1. The minimum atomic E-state index is -3.72. The first kappa shape index (κ1) is 34.6. The number of amides is 3. The van der Waals surface area contributed by atoms with Crippen molar-refractivity contribution in [3.8, 4) is 0 Å². The van der Waals surface area contributed by atoms with Gasteiger partial charge in [-0.2, -0.15) is 0 Å². The maximum absolute atomic E-state index is 13.9. The zero-order chi connectivity index (χ0) is 33.3. The predicted molar refractivity (Wildman–Crippen MR) is 177 cm³/mol. The molecule has 3 atom stereocenters. The Bertz CT molecular complexity index is 1600. The molecule has 0 radical (unpaired) electrons. The van der Waals surface area contributed by atoms with Crippen LogP contribution in [0.15, 0.2) is 78.9 Å². The third kappa shape index (κ3) is 10.1. The highest BCUT2D eigenvalue weighted by molar-refractivity contribution is 7.92. The van der Waals surface area contributed by atoms with Crippen LogP contribution in [0.25, 0.3) is 0 Å². The van der Waals surface area contributed by atoms with Crippen molar-refractivity contribution in [3.05, 3.63) is 101 Å². The predicted octanol–water partition coefficient (Wildman–Crippen LogP) is 3.37. The summed E-state index contributed by atoms with van der Waals surface area (Å²) in [5, 5.41) is 11.6. The molecule has 0 aliphatic heterocycles. The van der Waals surface area contributed by atoms with Gasteiger partial charge < -0.3 is 21.3 Å². The van der Waals surface area contributed by atoms with Crippen molar-refractivity contribution in [1.29, 1.82) is 0 Å². The number of hydrogen-bond donors (Lipinski definition) is 4. The standard InChI is InChI=1S/C34H42FN5O5S/c1-23(26-12-8-5-9-13-26)38-32(41)27-17-28(19-30(18-27)40(2)46(3,44)45)33(42)39-29(16-24-10-6-4-7-11-24)22-36-31(20-35)34(43)37-21-25-14-15-25/h4-13,17-19,23,25,29,31,36H,14-16,20-22H2,1-3H3,(H,37,43)(H,38,41)(H,39,42)/t23-,29+,31?/m1/s1. The van der Waals surface area contributed by atoms with Crippen molar-refractivity contribution in [1.82, 2.24) is 21.3 Å². The van der Waals surface area contributed by atoms with Gasteiger partial charge in [0.25, 0.3) is 11.8 Å². The van der Waals surface area contributed by atoms with Gasteiger partial charge in [-0.05, 0) is 61.4 Å². The van der Waals surface area contributed by atoms with Crippen molar-refractivity contribution >= 4 is 33.4 Å². The average Bonchev–Trinajstić information content (AvgIpc) is 3.88. The highest BCUT2D eigenvalue weighted by atomic mass is 32.2. The Kier molecular flexibility index (Phi) is 11.9. The molecule has 0 saturated heterocycles. The lowest BCUT2D eigenvalue weighted by Crippen LogP contribution is -2.51. The summed E-state index contributed by atoms with van der Waals surface area (Å²) in [5.41, 5.74) is 2.08. The second-order valence-electron chi connectivity index (χ2n) is 11.8. The van der Waals surface area contributed by atoms with Crippen LogP contribution in [0.4, 0.5) is 10.1 Å². The molecule has 1 aliphatic carbocycles. The summed E-state index contributed by atoms with van der Waals surface area (Å²) >= 11 is 0. The molecule has 12 heteroatoms. The number of benzene rings is 3. The van der Waals surface area contributed by atoms with Gasteiger partial charge in [-0.1, -0.05) is 60.7 Å². The maximum Gasteiger partial charge on any atom is 0.251 e. The van der Waals surface area contributed by atoms with Gasteiger partial charge in [0.1, 0.15) is 12.7 Å². The van der Waals surface area contributed by atoms with E-state index in [0.29, 0.717) is 18.9 Å². The minimum Gasteiger partial charge on any atom is -0.354 e. The highest BCUT2D eigenvalue weighted by Gasteiger charge is 2.26. The smallest absolute Gasteiger partial charge is 0.251 e. The molecule has 4 rings (SSSR count). The normalized spacial score (nSPS) is 14.9. The van der Waals surface area contributed by atoms with Gasteiger partial charge >= 0.3 is 0 Å². The zero-order valence-corrected chi connectivity index (χ0v) is 27.1. The van der Waals surface area contributed by atoms with Crippen molar-refractivity contribution in [2.24, 2.45) is 5.92 Å². The molecule has 1 saturated carbocycles. The maximum atomic E-state index is 13.9. The number of nitrogens with one attached hydrogen (secondary N) is 4. The van der Waals surface area contributed by atoms with Gasteiger partial charge in [0.2, 0.25) is 15.9 Å². The molecule has 3 aromatic rings. The average molecular weight is 652 g/mol. The van der Waals surface area contributed by atoms with Crippen LogP contribution in [-0.2, 0) is 21.2 Å². The summed E-state index contributed by atoms with van der Waals surface area (Å²) in [5.74, 6) is -1.04. The number of rotatable bonds is 16. The summed E-state index contributed by atoms with van der Waals surface area (Å²) in [6.07, 6.45) is 3.50. The first-order valence-corrected chi connectivity index (χ1v) is 17.2. The van der Waals surface area contributed by atoms with Crippen LogP contribution in [-0.4, -0.2) is 71.3 Å². The van der Waals surface area contributed by atoms with Gasteiger partial charge in [-0.3, -0.25) is 18.7 Å². The van der Waals surface area contributed by atoms with Crippen molar-refractivity contribution in [2.45, 2.75) is 44.3 Å².